The van der Waals surface area contributed by atoms with Crippen LogP contribution in [0.3, 0.4) is 0 Å². The Bertz CT molecular complexity index is 343. The van der Waals surface area contributed by atoms with Crippen LogP contribution < -0.4 is 5.32 Å². The molecule has 6 nitrogen and oxygen atoms in total. The predicted octanol–water partition coefficient (Wildman–Crippen LogP) is -0.186. The van der Waals surface area contributed by atoms with Gasteiger partial charge in [-0.15, -0.1) is 24.8 Å². The Morgan fingerprint density at radius 2 is 1.38 bits per heavy atom. The maximum atomic E-state index is 12.4. The third-order valence-electron chi connectivity index (χ3n) is 4.09. The van der Waals surface area contributed by atoms with E-state index in [2.05, 4.69) is 10.2 Å². The molecule has 0 aromatic rings. The Labute approximate surface area is 139 Å². The summed E-state index contributed by atoms with van der Waals surface area (Å²) < 4.78 is 0. The van der Waals surface area contributed by atoms with Crippen molar-refractivity contribution >= 4 is 36.6 Å². The van der Waals surface area contributed by atoms with Crippen molar-refractivity contribution < 1.29 is 9.59 Å². The van der Waals surface area contributed by atoms with E-state index in [1.54, 1.807) is 11.8 Å². The fourth-order valence-electron chi connectivity index (χ4n) is 2.73. The molecular formula is C13H26Cl2N4O2. The summed E-state index contributed by atoms with van der Waals surface area (Å²) >= 11 is 0. The van der Waals surface area contributed by atoms with E-state index in [0.717, 1.165) is 26.2 Å². The van der Waals surface area contributed by atoms with Crippen LogP contribution in [0.25, 0.3) is 0 Å². The first-order valence-corrected chi connectivity index (χ1v) is 7.08. The van der Waals surface area contributed by atoms with Crippen LogP contribution in [0.4, 0.5) is 0 Å². The van der Waals surface area contributed by atoms with E-state index in [0.29, 0.717) is 26.2 Å². The summed E-state index contributed by atoms with van der Waals surface area (Å²) in [7, 11) is 0. The summed E-state index contributed by atoms with van der Waals surface area (Å²) in [6, 6.07) is -0.0500. The molecule has 1 atom stereocenters. The molecule has 2 amide bonds. The van der Waals surface area contributed by atoms with E-state index in [4.69, 9.17) is 0 Å². The van der Waals surface area contributed by atoms with E-state index >= 15 is 0 Å². The number of carbonyl (C=O) groups excluding carboxylic acids is 2. The lowest BCUT2D eigenvalue weighted by atomic mass is 10.2. The molecule has 2 heterocycles. The topological polar surface area (TPSA) is 55.9 Å². The van der Waals surface area contributed by atoms with E-state index in [-0.39, 0.29) is 42.7 Å². The molecule has 0 saturated carbocycles. The molecule has 2 rings (SSSR count). The molecule has 124 valence electrons. The first kappa shape index (κ1) is 20.4. The molecule has 0 bridgehead atoms. The average molecular weight is 341 g/mol. The Morgan fingerprint density at radius 3 is 1.86 bits per heavy atom. The first-order valence-electron chi connectivity index (χ1n) is 7.08. The smallest absolute Gasteiger partial charge is 0.239 e. The number of nitrogens with zero attached hydrogens (tertiary/aromatic N) is 3. The lowest BCUT2D eigenvalue weighted by molar-refractivity contribution is -0.142. The Balaban J connectivity index is 0.00000200. The van der Waals surface area contributed by atoms with E-state index in [9.17, 15) is 9.59 Å². The van der Waals surface area contributed by atoms with Crippen molar-refractivity contribution in [3.05, 3.63) is 0 Å². The van der Waals surface area contributed by atoms with Crippen molar-refractivity contribution in [2.45, 2.75) is 19.9 Å². The van der Waals surface area contributed by atoms with E-state index in [1.165, 1.54) is 0 Å². The van der Waals surface area contributed by atoms with Crippen molar-refractivity contribution in [1.82, 2.24) is 20.0 Å². The minimum Gasteiger partial charge on any atom is -0.339 e. The Hall–Kier alpha value is -0.560. The number of hydrogen-bond donors (Lipinski definition) is 1. The molecule has 8 heteroatoms. The number of piperazine rings is 2. The first-order chi connectivity index (χ1) is 9.09. The van der Waals surface area contributed by atoms with Crippen molar-refractivity contribution in [1.29, 1.82) is 0 Å². The molecule has 0 radical (unpaired) electrons. The summed E-state index contributed by atoms with van der Waals surface area (Å²) in [5.74, 6) is 0.298. The van der Waals surface area contributed by atoms with Gasteiger partial charge in [0.25, 0.3) is 0 Å². The number of halogens is 2. The molecule has 0 spiro atoms. The van der Waals surface area contributed by atoms with Crippen molar-refractivity contribution in [3.63, 3.8) is 0 Å². The van der Waals surface area contributed by atoms with E-state index < -0.39 is 0 Å². The fraction of sp³-hybridized carbons (Fsp3) is 0.846. The zero-order valence-corrected chi connectivity index (χ0v) is 14.3. The quantitative estimate of drug-likeness (QED) is 0.757. The second kappa shape index (κ2) is 9.46. The SMILES string of the molecule is CC(=O)N1CCN(C(=O)C(C)N2CCNCC2)CC1.Cl.Cl. The van der Waals surface area contributed by atoms with Crippen molar-refractivity contribution in [2.24, 2.45) is 0 Å². The monoisotopic (exact) mass is 340 g/mol. The van der Waals surface area contributed by atoms with Gasteiger partial charge in [-0.3, -0.25) is 14.5 Å². The summed E-state index contributed by atoms with van der Waals surface area (Å²) in [4.78, 5) is 29.6. The summed E-state index contributed by atoms with van der Waals surface area (Å²) in [5.41, 5.74) is 0. The van der Waals surface area contributed by atoms with Crippen LogP contribution in [0.2, 0.25) is 0 Å². The highest BCUT2D eigenvalue weighted by Gasteiger charge is 2.29. The average Bonchev–Trinajstić information content (AvgIpc) is 2.46. The number of rotatable bonds is 2. The largest absolute Gasteiger partial charge is 0.339 e. The van der Waals surface area contributed by atoms with Gasteiger partial charge in [-0.25, -0.2) is 0 Å². The van der Waals surface area contributed by atoms with Gasteiger partial charge in [0.15, 0.2) is 0 Å². The highest BCUT2D eigenvalue weighted by atomic mass is 35.5. The van der Waals surface area contributed by atoms with Gasteiger partial charge in [0.05, 0.1) is 6.04 Å². The molecule has 21 heavy (non-hydrogen) atoms. The van der Waals surface area contributed by atoms with Gasteiger partial charge in [0, 0.05) is 59.3 Å². The minimum atomic E-state index is -0.0500. The second-order valence-electron chi connectivity index (χ2n) is 5.29. The molecule has 0 aromatic heterocycles. The van der Waals surface area contributed by atoms with Gasteiger partial charge in [-0.05, 0) is 6.92 Å². The number of hydrogen-bond acceptors (Lipinski definition) is 4. The summed E-state index contributed by atoms with van der Waals surface area (Å²) in [6.07, 6.45) is 0. The maximum Gasteiger partial charge on any atom is 0.239 e. The molecule has 2 saturated heterocycles. The van der Waals surface area contributed by atoms with Crippen LogP contribution in [0.5, 0.6) is 0 Å². The molecule has 1 N–H and O–H groups in total. The molecule has 0 aliphatic carbocycles. The van der Waals surface area contributed by atoms with Gasteiger partial charge in [-0.1, -0.05) is 0 Å². The predicted molar refractivity (Wildman–Crippen MR) is 87.2 cm³/mol. The van der Waals surface area contributed by atoms with E-state index in [1.807, 2.05) is 11.8 Å². The molecule has 1 unspecified atom stereocenters. The van der Waals surface area contributed by atoms with Crippen LogP contribution in [-0.4, -0.2) is 84.9 Å². The van der Waals surface area contributed by atoms with Gasteiger partial charge >= 0.3 is 0 Å². The lowest BCUT2D eigenvalue weighted by Crippen LogP contribution is -2.57. The third kappa shape index (κ3) is 5.29. The van der Waals surface area contributed by atoms with Crippen LogP contribution >= 0.6 is 24.8 Å². The maximum absolute atomic E-state index is 12.4. The zero-order chi connectivity index (χ0) is 13.8. The minimum absolute atomic E-state index is 0. The van der Waals surface area contributed by atoms with Crippen LogP contribution in [0.15, 0.2) is 0 Å². The van der Waals surface area contributed by atoms with Crippen LogP contribution in [0.1, 0.15) is 13.8 Å². The summed E-state index contributed by atoms with van der Waals surface area (Å²) in [6.45, 7) is 9.99. The number of amides is 2. The number of carbonyl (C=O) groups is 2. The molecule has 0 aromatic carbocycles. The van der Waals surface area contributed by atoms with Gasteiger partial charge in [0.1, 0.15) is 0 Å². The normalized spacial score (nSPS) is 21.0. The molecule has 2 aliphatic heterocycles. The van der Waals surface area contributed by atoms with Crippen LogP contribution in [-0.2, 0) is 9.59 Å². The van der Waals surface area contributed by atoms with Crippen molar-refractivity contribution in [3.8, 4) is 0 Å². The zero-order valence-electron chi connectivity index (χ0n) is 12.7. The van der Waals surface area contributed by atoms with Crippen molar-refractivity contribution in [2.75, 3.05) is 52.4 Å². The molecule has 2 aliphatic rings. The highest BCUT2D eigenvalue weighted by Crippen LogP contribution is 2.09. The molecule has 2 fully saturated rings. The Kier molecular flexibility index (Phi) is 9.20. The lowest BCUT2D eigenvalue weighted by Gasteiger charge is -2.38. The molecular weight excluding hydrogens is 315 g/mol. The Morgan fingerprint density at radius 1 is 0.905 bits per heavy atom. The third-order valence-corrected chi connectivity index (χ3v) is 4.09. The summed E-state index contributed by atoms with van der Waals surface area (Å²) in [5, 5.41) is 3.30. The highest BCUT2D eigenvalue weighted by molar-refractivity contribution is 5.85. The van der Waals surface area contributed by atoms with Crippen LogP contribution in [0, 0.1) is 0 Å². The van der Waals surface area contributed by atoms with Gasteiger partial charge < -0.3 is 15.1 Å². The number of nitrogens with one attached hydrogen (secondary N) is 1. The fourth-order valence-corrected chi connectivity index (χ4v) is 2.73. The van der Waals surface area contributed by atoms with Gasteiger partial charge in [-0.2, -0.15) is 0 Å². The van der Waals surface area contributed by atoms with Gasteiger partial charge in [0.2, 0.25) is 11.8 Å². The second-order valence-corrected chi connectivity index (χ2v) is 5.29. The standard InChI is InChI=1S/C13H24N4O2.2ClH/c1-11(15-5-3-14-4-6-15)13(19)17-9-7-16(8-10-17)12(2)18;;/h11,14H,3-10H2,1-2H3;2*1H.